The molecule has 3 amide bonds. The van der Waals surface area contributed by atoms with E-state index in [1.165, 1.54) is 0 Å². The molecule has 2 N–H and O–H groups in total. The molecular formula is C19H18N4O3S. The second-order valence-corrected chi connectivity index (χ2v) is 6.95. The van der Waals surface area contributed by atoms with Crippen molar-refractivity contribution in [3.63, 3.8) is 0 Å². The zero-order valence-corrected chi connectivity index (χ0v) is 15.4. The Bertz CT molecular complexity index is 900. The van der Waals surface area contributed by atoms with Crippen molar-refractivity contribution in [2.45, 2.75) is 23.9 Å². The monoisotopic (exact) mass is 382 g/mol. The first-order chi connectivity index (χ1) is 13.1. The van der Waals surface area contributed by atoms with Crippen LogP contribution >= 0.6 is 11.8 Å². The van der Waals surface area contributed by atoms with Crippen molar-refractivity contribution >= 4 is 23.7 Å². The van der Waals surface area contributed by atoms with Crippen molar-refractivity contribution in [2.24, 2.45) is 0 Å². The summed E-state index contributed by atoms with van der Waals surface area (Å²) in [5.74, 6) is -0.0589. The minimum atomic E-state index is -0.573. The molecule has 1 aromatic heterocycles. The Labute approximate surface area is 160 Å². The molecule has 8 heteroatoms. The molecule has 0 saturated carbocycles. The van der Waals surface area contributed by atoms with Gasteiger partial charge in [0.1, 0.15) is 0 Å². The highest BCUT2D eigenvalue weighted by molar-refractivity contribution is 8.00. The Balaban J connectivity index is 1.49. The van der Waals surface area contributed by atoms with Gasteiger partial charge in [0.25, 0.3) is 5.22 Å². The van der Waals surface area contributed by atoms with Crippen molar-refractivity contribution in [1.29, 1.82) is 0 Å². The van der Waals surface area contributed by atoms with Gasteiger partial charge in [0.2, 0.25) is 11.8 Å². The number of aromatic nitrogens is 2. The summed E-state index contributed by atoms with van der Waals surface area (Å²) in [6.45, 7) is 2.00. The van der Waals surface area contributed by atoms with Gasteiger partial charge in [-0.3, -0.25) is 10.1 Å². The molecule has 0 unspecified atom stereocenters. The van der Waals surface area contributed by atoms with E-state index >= 15 is 0 Å². The number of amides is 3. The third-order valence-corrected chi connectivity index (χ3v) is 4.54. The van der Waals surface area contributed by atoms with Crippen LogP contribution in [0, 0.1) is 0 Å². The molecule has 27 heavy (non-hydrogen) atoms. The van der Waals surface area contributed by atoms with E-state index in [0.717, 1.165) is 22.9 Å². The van der Waals surface area contributed by atoms with Gasteiger partial charge in [-0.25, -0.2) is 4.79 Å². The molecule has 1 heterocycles. The van der Waals surface area contributed by atoms with Crippen LogP contribution in [0.2, 0.25) is 0 Å². The van der Waals surface area contributed by atoms with E-state index in [4.69, 9.17) is 4.42 Å². The Morgan fingerprint density at radius 1 is 1.04 bits per heavy atom. The van der Waals surface area contributed by atoms with Crippen LogP contribution in [0.5, 0.6) is 0 Å². The highest BCUT2D eigenvalue weighted by Gasteiger charge is 2.20. The third-order valence-electron chi connectivity index (χ3n) is 3.61. The van der Waals surface area contributed by atoms with Crippen molar-refractivity contribution in [3.8, 4) is 11.5 Å². The molecule has 3 aromatic rings. The predicted octanol–water partition coefficient (Wildman–Crippen LogP) is 3.24. The minimum Gasteiger partial charge on any atom is -0.411 e. The number of hydrogen-bond acceptors (Lipinski definition) is 6. The summed E-state index contributed by atoms with van der Waals surface area (Å²) in [6.07, 6.45) is 0. The summed E-state index contributed by atoms with van der Waals surface area (Å²) in [5, 5.41) is 12.6. The van der Waals surface area contributed by atoms with E-state index in [9.17, 15) is 9.59 Å². The number of urea groups is 1. The molecular weight excluding hydrogens is 364 g/mol. The molecule has 0 fully saturated rings. The van der Waals surface area contributed by atoms with E-state index in [1.54, 1.807) is 6.92 Å². The van der Waals surface area contributed by atoms with Gasteiger partial charge in [0.15, 0.2) is 0 Å². The van der Waals surface area contributed by atoms with E-state index < -0.39 is 17.2 Å². The molecule has 0 bridgehead atoms. The third kappa shape index (κ3) is 5.42. The molecule has 7 nitrogen and oxygen atoms in total. The molecule has 0 aliphatic carbocycles. The molecule has 2 aromatic carbocycles. The SMILES string of the molecule is C[C@@H](Sc1nnc(-c2ccccc2)o1)C(=O)NC(=O)NCc1ccccc1. The van der Waals surface area contributed by atoms with Gasteiger partial charge in [-0.1, -0.05) is 60.3 Å². The number of imide groups is 1. The first-order valence-electron chi connectivity index (χ1n) is 8.30. The van der Waals surface area contributed by atoms with Crippen LogP contribution in [0.4, 0.5) is 4.79 Å². The van der Waals surface area contributed by atoms with Gasteiger partial charge in [0.05, 0.1) is 5.25 Å². The maximum atomic E-state index is 12.2. The summed E-state index contributed by atoms with van der Waals surface area (Å²) in [5.41, 5.74) is 1.75. The first kappa shape index (κ1) is 18.7. The van der Waals surface area contributed by atoms with Crippen molar-refractivity contribution < 1.29 is 14.0 Å². The average Bonchev–Trinajstić information content (AvgIpc) is 3.16. The standard InChI is InChI=1S/C19H18N4O3S/c1-13(16(24)21-18(25)20-12-14-8-4-2-5-9-14)27-19-23-22-17(26-19)15-10-6-3-7-11-15/h2-11,13H,12H2,1H3,(H2,20,21,24,25)/t13-/m1/s1. The highest BCUT2D eigenvalue weighted by atomic mass is 32.2. The fourth-order valence-electron chi connectivity index (χ4n) is 2.20. The number of nitrogens with zero attached hydrogens (tertiary/aromatic N) is 2. The lowest BCUT2D eigenvalue weighted by Crippen LogP contribution is -2.42. The summed E-state index contributed by atoms with van der Waals surface area (Å²) >= 11 is 1.09. The van der Waals surface area contributed by atoms with Gasteiger partial charge in [0, 0.05) is 12.1 Å². The van der Waals surface area contributed by atoms with Gasteiger partial charge >= 0.3 is 6.03 Å². The zero-order valence-electron chi connectivity index (χ0n) is 14.6. The van der Waals surface area contributed by atoms with E-state index in [2.05, 4.69) is 20.8 Å². The topological polar surface area (TPSA) is 97.1 Å². The Morgan fingerprint density at radius 3 is 2.41 bits per heavy atom. The van der Waals surface area contributed by atoms with E-state index in [1.807, 2.05) is 60.7 Å². The molecule has 0 saturated heterocycles. The quantitative estimate of drug-likeness (QED) is 0.635. The Kier molecular flexibility index (Phi) is 6.22. The fourth-order valence-corrected chi connectivity index (χ4v) is 2.88. The van der Waals surface area contributed by atoms with E-state index in [-0.39, 0.29) is 5.22 Å². The van der Waals surface area contributed by atoms with Gasteiger partial charge in [-0.2, -0.15) is 0 Å². The lowest BCUT2D eigenvalue weighted by Gasteiger charge is -2.10. The minimum absolute atomic E-state index is 0.265. The number of carbonyl (C=O) groups excluding carboxylic acids is 2. The van der Waals surface area contributed by atoms with Gasteiger partial charge < -0.3 is 9.73 Å². The van der Waals surface area contributed by atoms with Crippen molar-refractivity contribution in [2.75, 3.05) is 0 Å². The van der Waals surface area contributed by atoms with Crippen molar-refractivity contribution in [1.82, 2.24) is 20.8 Å². The van der Waals surface area contributed by atoms with Crippen LogP contribution in [0.25, 0.3) is 11.5 Å². The normalized spacial score (nSPS) is 11.6. The summed E-state index contributed by atoms with van der Waals surface area (Å²) in [6, 6.07) is 18.2. The molecule has 0 radical (unpaired) electrons. The summed E-state index contributed by atoms with van der Waals surface area (Å²) in [7, 11) is 0. The number of benzene rings is 2. The van der Waals surface area contributed by atoms with Crippen LogP contribution in [-0.4, -0.2) is 27.4 Å². The second-order valence-electron chi connectivity index (χ2n) is 5.66. The lowest BCUT2D eigenvalue weighted by atomic mass is 10.2. The number of thioether (sulfide) groups is 1. The Morgan fingerprint density at radius 2 is 1.70 bits per heavy atom. The van der Waals surface area contributed by atoms with Gasteiger partial charge in [-0.15, -0.1) is 10.2 Å². The zero-order chi connectivity index (χ0) is 19.1. The van der Waals surface area contributed by atoms with E-state index in [0.29, 0.717) is 12.4 Å². The van der Waals surface area contributed by atoms with Crippen LogP contribution in [0.15, 0.2) is 70.3 Å². The fraction of sp³-hybridized carbons (Fsp3) is 0.158. The number of carbonyl (C=O) groups is 2. The number of rotatable bonds is 6. The molecule has 0 aliphatic heterocycles. The summed E-state index contributed by atoms with van der Waals surface area (Å²) < 4.78 is 5.56. The molecule has 0 aliphatic rings. The maximum Gasteiger partial charge on any atom is 0.321 e. The first-order valence-corrected chi connectivity index (χ1v) is 9.18. The highest BCUT2D eigenvalue weighted by Crippen LogP contribution is 2.25. The molecule has 1 atom stereocenters. The van der Waals surface area contributed by atoms with Crippen LogP contribution in [0.3, 0.4) is 0 Å². The number of hydrogen-bond donors (Lipinski definition) is 2. The van der Waals surface area contributed by atoms with Crippen LogP contribution < -0.4 is 10.6 Å². The smallest absolute Gasteiger partial charge is 0.321 e. The van der Waals surface area contributed by atoms with Crippen LogP contribution in [-0.2, 0) is 11.3 Å². The summed E-state index contributed by atoms with van der Waals surface area (Å²) in [4.78, 5) is 24.0. The van der Waals surface area contributed by atoms with Crippen molar-refractivity contribution in [3.05, 3.63) is 66.2 Å². The largest absolute Gasteiger partial charge is 0.411 e. The maximum absolute atomic E-state index is 12.2. The predicted molar refractivity (Wildman–Crippen MR) is 102 cm³/mol. The van der Waals surface area contributed by atoms with Gasteiger partial charge in [-0.05, 0) is 24.6 Å². The number of nitrogens with one attached hydrogen (secondary N) is 2. The average molecular weight is 382 g/mol. The van der Waals surface area contributed by atoms with Crippen LogP contribution in [0.1, 0.15) is 12.5 Å². The lowest BCUT2D eigenvalue weighted by molar-refractivity contribution is -0.119. The molecule has 138 valence electrons. The Hall–Kier alpha value is -3.13. The second kappa shape index (κ2) is 9.00. The molecule has 0 spiro atoms. The molecule has 3 rings (SSSR count).